The Morgan fingerprint density at radius 3 is 2.63 bits per heavy atom. The molecule has 0 aliphatic heterocycles. The lowest BCUT2D eigenvalue weighted by atomic mass is 10.2. The average Bonchev–Trinajstić information content (AvgIpc) is 3.15. The van der Waals surface area contributed by atoms with Gasteiger partial charge in [0.05, 0.1) is 17.2 Å². The maximum Gasteiger partial charge on any atom is 0.180 e. The molecule has 0 spiro atoms. The number of hydrogen-bond donors (Lipinski definition) is 1. The molecule has 7 heteroatoms. The highest BCUT2D eigenvalue weighted by Gasteiger charge is 2.15. The van der Waals surface area contributed by atoms with E-state index >= 15 is 0 Å². The number of benzene rings is 2. The first-order valence-electron chi connectivity index (χ1n) is 8.23. The highest BCUT2D eigenvalue weighted by Crippen LogP contribution is 2.37. The molecule has 0 saturated heterocycles. The molecule has 3 nitrogen and oxygen atoms in total. The second-order valence-corrected chi connectivity index (χ2v) is 7.63. The summed E-state index contributed by atoms with van der Waals surface area (Å²) in [7, 11) is 1.54. The lowest BCUT2D eigenvalue weighted by Gasteiger charge is -2.15. The first-order valence-corrected chi connectivity index (χ1v) is 9.87. The fourth-order valence-electron chi connectivity index (χ4n) is 2.57. The summed E-state index contributed by atoms with van der Waals surface area (Å²) >= 11 is 14.1. The Balaban J connectivity index is 1.70. The summed E-state index contributed by atoms with van der Waals surface area (Å²) in [5.74, 6) is 0.426. The average molecular weight is 426 g/mol. The third-order valence-electron chi connectivity index (χ3n) is 3.92. The number of nitrogens with one attached hydrogen (secondary N) is 1. The molecule has 1 heterocycles. The van der Waals surface area contributed by atoms with Gasteiger partial charge < -0.3 is 14.8 Å². The molecule has 0 bridgehead atoms. The SMILES string of the molecule is COc1cc(CNCc2cccs2)cc(Cl)c1OCc1c(F)cccc1Cl. The molecule has 0 fully saturated rings. The van der Waals surface area contributed by atoms with E-state index in [4.69, 9.17) is 32.7 Å². The van der Waals surface area contributed by atoms with Crippen LogP contribution in [0, 0.1) is 5.82 Å². The molecule has 27 heavy (non-hydrogen) atoms. The molecule has 0 atom stereocenters. The molecule has 0 saturated carbocycles. The van der Waals surface area contributed by atoms with Crippen molar-refractivity contribution in [1.82, 2.24) is 5.32 Å². The van der Waals surface area contributed by atoms with Crippen molar-refractivity contribution in [1.29, 1.82) is 0 Å². The van der Waals surface area contributed by atoms with E-state index in [9.17, 15) is 4.39 Å². The van der Waals surface area contributed by atoms with Gasteiger partial charge >= 0.3 is 0 Å². The fourth-order valence-corrected chi connectivity index (χ4v) is 3.75. The second kappa shape index (κ2) is 9.42. The summed E-state index contributed by atoms with van der Waals surface area (Å²) in [6, 6.07) is 12.3. The minimum absolute atomic E-state index is 0.0441. The van der Waals surface area contributed by atoms with Gasteiger partial charge in [0.15, 0.2) is 11.5 Å². The predicted octanol–water partition coefficient (Wildman–Crippen LogP) is 6.07. The Labute approximate surface area is 171 Å². The van der Waals surface area contributed by atoms with Crippen molar-refractivity contribution in [3.05, 3.63) is 79.7 Å². The van der Waals surface area contributed by atoms with Crippen LogP contribution in [0.2, 0.25) is 10.0 Å². The number of halogens is 3. The standard InChI is InChI=1S/C20H18Cl2FNO2S/c1-25-19-9-13(10-24-11-14-4-3-7-27-14)8-17(22)20(19)26-12-15-16(21)5-2-6-18(15)23/h2-9,24H,10-12H2,1H3. The number of hydrogen-bond acceptors (Lipinski definition) is 4. The molecule has 2 aromatic carbocycles. The van der Waals surface area contributed by atoms with E-state index in [1.807, 2.05) is 23.6 Å². The lowest BCUT2D eigenvalue weighted by molar-refractivity contribution is 0.280. The van der Waals surface area contributed by atoms with E-state index in [0.29, 0.717) is 28.1 Å². The van der Waals surface area contributed by atoms with Crippen molar-refractivity contribution in [2.24, 2.45) is 0 Å². The Hall–Kier alpha value is -1.79. The van der Waals surface area contributed by atoms with Gasteiger partial charge in [-0.15, -0.1) is 11.3 Å². The topological polar surface area (TPSA) is 30.5 Å². The van der Waals surface area contributed by atoms with Gasteiger partial charge in [0.2, 0.25) is 0 Å². The molecule has 1 N–H and O–H groups in total. The van der Waals surface area contributed by atoms with Crippen LogP contribution in [0.1, 0.15) is 16.0 Å². The predicted molar refractivity (Wildman–Crippen MR) is 109 cm³/mol. The van der Waals surface area contributed by atoms with Crippen molar-refractivity contribution in [2.45, 2.75) is 19.7 Å². The molecule has 0 radical (unpaired) electrons. The number of thiophene rings is 1. The van der Waals surface area contributed by atoms with Crippen LogP contribution in [0.3, 0.4) is 0 Å². The molecule has 0 aliphatic rings. The van der Waals surface area contributed by atoms with E-state index in [1.165, 1.54) is 18.1 Å². The second-order valence-electron chi connectivity index (χ2n) is 5.78. The van der Waals surface area contributed by atoms with Crippen LogP contribution in [0.4, 0.5) is 4.39 Å². The maximum atomic E-state index is 13.9. The minimum atomic E-state index is -0.424. The fraction of sp³-hybridized carbons (Fsp3) is 0.200. The smallest absolute Gasteiger partial charge is 0.180 e. The summed E-state index contributed by atoms with van der Waals surface area (Å²) in [5.41, 5.74) is 1.24. The lowest BCUT2D eigenvalue weighted by Crippen LogP contribution is -2.12. The zero-order chi connectivity index (χ0) is 19.2. The first-order chi connectivity index (χ1) is 13.1. The zero-order valence-corrected chi connectivity index (χ0v) is 16.9. The van der Waals surface area contributed by atoms with Crippen LogP contribution in [0.5, 0.6) is 11.5 Å². The van der Waals surface area contributed by atoms with Crippen molar-refractivity contribution in [2.75, 3.05) is 7.11 Å². The van der Waals surface area contributed by atoms with Gasteiger partial charge in [0.25, 0.3) is 0 Å². The monoisotopic (exact) mass is 425 g/mol. The number of rotatable bonds is 8. The van der Waals surface area contributed by atoms with Crippen LogP contribution in [-0.2, 0) is 19.7 Å². The molecule has 1 aromatic heterocycles. The van der Waals surface area contributed by atoms with E-state index in [0.717, 1.165) is 12.1 Å². The molecule has 3 rings (SSSR count). The Kier molecular flexibility index (Phi) is 6.96. The van der Waals surface area contributed by atoms with Gasteiger partial charge in [-0.3, -0.25) is 0 Å². The summed E-state index contributed by atoms with van der Waals surface area (Å²) in [6.07, 6.45) is 0. The summed E-state index contributed by atoms with van der Waals surface area (Å²) < 4.78 is 25.1. The quantitative estimate of drug-likeness (QED) is 0.474. The van der Waals surface area contributed by atoms with Crippen molar-refractivity contribution < 1.29 is 13.9 Å². The van der Waals surface area contributed by atoms with Crippen molar-refractivity contribution >= 4 is 34.5 Å². The molecular formula is C20H18Cl2FNO2S. The van der Waals surface area contributed by atoms with Gasteiger partial charge in [-0.1, -0.05) is 35.3 Å². The van der Waals surface area contributed by atoms with Crippen LogP contribution in [0.25, 0.3) is 0 Å². The highest BCUT2D eigenvalue weighted by atomic mass is 35.5. The third kappa shape index (κ3) is 5.14. The Morgan fingerprint density at radius 2 is 1.93 bits per heavy atom. The highest BCUT2D eigenvalue weighted by molar-refractivity contribution is 7.09. The number of methoxy groups -OCH3 is 1. The summed E-state index contributed by atoms with van der Waals surface area (Å²) in [5, 5.41) is 6.11. The molecule has 142 valence electrons. The van der Waals surface area contributed by atoms with Crippen molar-refractivity contribution in [3.63, 3.8) is 0 Å². The van der Waals surface area contributed by atoms with E-state index < -0.39 is 5.82 Å². The molecule has 0 aliphatic carbocycles. The van der Waals surface area contributed by atoms with Gasteiger partial charge in [-0.25, -0.2) is 4.39 Å². The van der Waals surface area contributed by atoms with Gasteiger partial charge in [0.1, 0.15) is 12.4 Å². The van der Waals surface area contributed by atoms with Crippen LogP contribution in [0.15, 0.2) is 47.8 Å². The first kappa shape index (κ1) is 20.0. The van der Waals surface area contributed by atoms with Crippen LogP contribution >= 0.6 is 34.5 Å². The molecule has 0 amide bonds. The van der Waals surface area contributed by atoms with Crippen LogP contribution in [-0.4, -0.2) is 7.11 Å². The van der Waals surface area contributed by atoms with Gasteiger partial charge in [-0.2, -0.15) is 0 Å². The normalized spacial score (nSPS) is 10.8. The van der Waals surface area contributed by atoms with Gasteiger partial charge in [0, 0.05) is 23.5 Å². The Bertz CT molecular complexity index is 883. The van der Waals surface area contributed by atoms with E-state index in [-0.39, 0.29) is 12.2 Å². The van der Waals surface area contributed by atoms with Crippen molar-refractivity contribution in [3.8, 4) is 11.5 Å². The summed E-state index contributed by atoms with van der Waals surface area (Å²) in [6.45, 7) is 1.37. The minimum Gasteiger partial charge on any atom is -0.493 e. The summed E-state index contributed by atoms with van der Waals surface area (Å²) in [4.78, 5) is 1.26. The molecule has 0 unspecified atom stereocenters. The van der Waals surface area contributed by atoms with Gasteiger partial charge in [-0.05, 0) is 41.3 Å². The number of ether oxygens (including phenoxy) is 2. The van der Waals surface area contributed by atoms with Crippen LogP contribution < -0.4 is 14.8 Å². The maximum absolute atomic E-state index is 13.9. The molecule has 3 aromatic rings. The van der Waals surface area contributed by atoms with E-state index in [2.05, 4.69) is 11.4 Å². The Morgan fingerprint density at radius 1 is 1.07 bits per heavy atom. The zero-order valence-electron chi connectivity index (χ0n) is 14.6. The third-order valence-corrected chi connectivity index (χ3v) is 5.43. The largest absolute Gasteiger partial charge is 0.493 e. The van der Waals surface area contributed by atoms with E-state index in [1.54, 1.807) is 23.5 Å². The molecular weight excluding hydrogens is 408 g/mol.